The first-order chi connectivity index (χ1) is 6.31. The third-order valence-corrected chi connectivity index (χ3v) is 1.47. The molecular weight excluding hydrogens is 170 g/mol. The lowest BCUT2D eigenvalue weighted by molar-refractivity contribution is -0.149. The Labute approximate surface area is 79.4 Å². The number of rotatable bonds is 8. The Morgan fingerprint density at radius 3 is 2.69 bits per heavy atom. The molecule has 0 atom stereocenters. The molecule has 0 saturated carbocycles. The van der Waals surface area contributed by atoms with Crippen molar-refractivity contribution < 1.29 is 14.3 Å². The highest BCUT2D eigenvalue weighted by atomic mass is 16.6. The molecule has 0 fully saturated rings. The Balaban J connectivity index is 3.11. The summed E-state index contributed by atoms with van der Waals surface area (Å²) in [6, 6.07) is 0. The molecule has 4 heteroatoms. The molecule has 0 aromatic rings. The van der Waals surface area contributed by atoms with E-state index in [2.05, 4.69) is 0 Å². The van der Waals surface area contributed by atoms with E-state index in [9.17, 15) is 4.79 Å². The van der Waals surface area contributed by atoms with Crippen LogP contribution in [0.1, 0.15) is 26.2 Å². The largest absolute Gasteiger partial charge is 0.464 e. The Kier molecular flexibility index (Phi) is 9.03. The third kappa shape index (κ3) is 9.30. The van der Waals surface area contributed by atoms with Crippen LogP contribution in [0.2, 0.25) is 0 Å². The van der Waals surface area contributed by atoms with E-state index >= 15 is 0 Å². The molecule has 0 aromatic heterocycles. The van der Waals surface area contributed by atoms with Crippen LogP contribution in [-0.2, 0) is 14.3 Å². The maximum absolute atomic E-state index is 10.9. The van der Waals surface area contributed by atoms with E-state index in [0.29, 0.717) is 19.8 Å². The minimum Gasteiger partial charge on any atom is -0.464 e. The molecule has 0 aliphatic heterocycles. The number of unbranched alkanes of at least 4 members (excludes halogenated alkanes) is 1. The molecule has 78 valence electrons. The van der Waals surface area contributed by atoms with Gasteiger partial charge in [-0.1, -0.05) is 13.3 Å². The highest BCUT2D eigenvalue weighted by Crippen LogP contribution is 1.89. The number of esters is 1. The Bertz CT molecular complexity index is 128. The lowest BCUT2D eigenvalue weighted by Gasteiger charge is -2.04. The topological polar surface area (TPSA) is 61.5 Å². The van der Waals surface area contributed by atoms with Crippen molar-refractivity contribution in [1.82, 2.24) is 0 Å². The highest BCUT2D eigenvalue weighted by molar-refractivity contribution is 5.70. The molecule has 13 heavy (non-hydrogen) atoms. The van der Waals surface area contributed by atoms with Gasteiger partial charge < -0.3 is 15.2 Å². The van der Waals surface area contributed by atoms with Gasteiger partial charge in [-0.05, 0) is 19.4 Å². The molecule has 0 aliphatic rings. The van der Waals surface area contributed by atoms with Crippen LogP contribution >= 0.6 is 0 Å². The second-order valence-electron chi connectivity index (χ2n) is 2.77. The predicted molar refractivity (Wildman–Crippen MR) is 50.4 cm³/mol. The average molecular weight is 189 g/mol. The smallest absolute Gasteiger partial charge is 0.332 e. The molecule has 2 N–H and O–H groups in total. The maximum Gasteiger partial charge on any atom is 0.332 e. The first-order valence-electron chi connectivity index (χ1n) is 4.74. The van der Waals surface area contributed by atoms with Crippen molar-refractivity contribution in [3.63, 3.8) is 0 Å². The summed E-state index contributed by atoms with van der Waals surface area (Å²) in [5.74, 6) is -0.287. The number of hydrogen-bond acceptors (Lipinski definition) is 4. The maximum atomic E-state index is 10.9. The van der Waals surface area contributed by atoms with Gasteiger partial charge in [0, 0.05) is 6.61 Å². The number of carbonyl (C=O) groups is 1. The lowest BCUT2D eigenvalue weighted by atomic mass is 10.4. The van der Waals surface area contributed by atoms with Crippen molar-refractivity contribution in [3.05, 3.63) is 0 Å². The quantitative estimate of drug-likeness (QED) is 0.451. The molecule has 0 unspecified atom stereocenters. The van der Waals surface area contributed by atoms with Gasteiger partial charge in [0.2, 0.25) is 0 Å². The van der Waals surface area contributed by atoms with Crippen LogP contribution in [0, 0.1) is 0 Å². The van der Waals surface area contributed by atoms with Crippen LogP contribution in [0.15, 0.2) is 0 Å². The number of nitrogens with two attached hydrogens (primary N) is 1. The summed E-state index contributed by atoms with van der Waals surface area (Å²) in [5.41, 5.74) is 5.25. The summed E-state index contributed by atoms with van der Waals surface area (Å²) in [6.07, 6.45) is 2.72. The summed E-state index contributed by atoms with van der Waals surface area (Å²) in [5, 5.41) is 0. The van der Waals surface area contributed by atoms with E-state index in [4.69, 9.17) is 15.2 Å². The van der Waals surface area contributed by atoms with E-state index in [1.54, 1.807) is 0 Å². The van der Waals surface area contributed by atoms with Gasteiger partial charge >= 0.3 is 5.97 Å². The lowest BCUT2D eigenvalue weighted by Crippen LogP contribution is -2.15. The zero-order valence-electron chi connectivity index (χ0n) is 8.25. The summed E-state index contributed by atoms with van der Waals surface area (Å²) >= 11 is 0. The van der Waals surface area contributed by atoms with Gasteiger partial charge in [0.25, 0.3) is 0 Å². The van der Waals surface area contributed by atoms with Crippen LogP contribution in [0.3, 0.4) is 0 Å². The molecule has 0 spiro atoms. The standard InChI is InChI=1S/C9H19NO3/c1-2-3-7-13-9(11)8-12-6-4-5-10/h2-8,10H2,1H3. The Morgan fingerprint density at radius 2 is 2.08 bits per heavy atom. The van der Waals surface area contributed by atoms with Crippen LogP contribution in [0.25, 0.3) is 0 Å². The molecule has 0 radical (unpaired) electrons. The van der Waals surface area contributed by atoms with Crippen molar-refractivity contribution in [1.29, 1.82) is 0 Å². The molecule has 0 aromatic carbocycles. The minimum absolute atomic E-state index is 0.0454. The van der Waals surface area contributed by atoms with Crippen molar-refractivity contribution in [2.45, 2.75) is 26.2 Å². The number of ether oxygens (including phenoxy) is 2. The summed E-state index contributed by atoms with van der Waals surface area (Å²) < 4.78 is 9.88. The van der Waals surface area contributed by atoms with Gasteiger partial charge in [-0.3, -0.25) is 0 Å². The highest BCUT2D eigenvalue weighted by Gasteiger charge is 2.01. The van der Waals surface area contributed by atoms with Crippen molar-refractivity contribution in [3.8, 4) is 0 Å². The molecule has 0 heterocycles. The van der Waals surface area contributed by atoms with E-state index in [-0.39, 0.29) is 12.6 Å². The molecule has 0 bridgehead atoms. The van der Waals surface area contributed by atoms with Crippen molar-refractivity contribution in [2.75, 3.05) is 26.4 Å². The van der Waals surface area contributed by atoms with Crippen LogP contribution < -0.4 is 5.73 Å². The van der Waals surface area contributed by atoms with Crippen molar-refractivity contribution in [2.24, 2.45) is 5.73 Å². The fourth-order valence-corrected chi connectivity index (χ4v) is 0.713. The summed E-state index contributed by atoms with van der Waals surface area (Å²) in [4.78, 5) is 10.9. The van der Waals surface area contributed by atoms with Gasteiger partial charge in [0.1, 0.15) is 6.61 Å². The van der Waals surface area contributed by atoms with Crippen LogP contribution in [0.4, 0.5) is 0 Å². The molecule has 0 rings (SSSR count). The molecule has 4 nitrogen and oxygen atoms in total. The average Bonchev–Trinajstić information content (AvgIpc) is 2.13. The van der Waals surface area contributed by atoms with Gasteiger partial charge in [0.15, 0.2) is 0 Å². The Morgan fingerprint density at radius 1 is 1.31 bits per heavy atom. The Hall–Kier alpha value is -0.610. The molecular formula is C9H19NO3. The molecule has 0 amide bonds. The minimum atomic E-state index is -0.287. The first-order valence-corrected chi connectivity index (χ1v) is 4.74. The second kappa shape index (κ2) is 9.48. The van der Waals surface area contributed by atoms with E-state index < -0.39 is 0 Å². The van der Waals surface area contributed by atoms with Gasteiger partial charge in [-0.2, -0.15) is 0 Å². The fourth-order valence-electron chi connectivity index (χ4n) is 0.713. The zero-order valence-corrected chi connectivity index (χ0v) is 8.25. The van der Waals surface area contributed by atoms with Crippen LogP contribution in [0.5, 0.6) is 0 Å². The van der Waals surface area contributed by atoms with Crippen LogP contribution in [-0.4, -0.2) is 32.3 Å². The second-order valence-corrected chi connectivity index (χ2v) is 2.77. The van der Waals surface area contributed by atoms with Gasteiger partial charge in [-0.15, -0.1) is 0 Å². The number of carbonyl (C=O) groups excluding carboxylic acids is 1. The zero-order chi connectivity index (χ0) is 9.94. The SMILES string of the molecule is CCCCOC(=O)COCCCN. The monoisotopic (exact) mass is 189 g/mol. The van der Waals surface area contributed by atoms with Crippen molar-refractivity contribution >= 4 is 5.97 Å². The van der Waals surface area contributed by atoms with E-state index in [0.717, 1.165) is 19.3 Å². The molecule has 0 saturated heterocycles. The summed E-state index contributed by atoms with van der Waals surface area (Å²) in [6.45, 7) is 3.70. The van der Waals surface area contributed by atoms with E-state index in [1.807, 2.05) is 6.92 Å². The number of hydrogen-bond donors (Lipinski definition) is 1. The first kappa shape index (κ1) is 12.4. The van der Waals surface area contributed by atoms with Gasteiger partial charge in [0.05, 0.1) is 6.61 Å². The third-order valence-electron chi connectivity index (χ3n) is 1.47. The normalized spacial score (nSPS) is 10.0. The molecule has 0 aliphatic carbocycles. The van der Waals surface area contributed by atoms with E-state index in [1.165, 1.54) is 0 Å². The summed E-state index contributed by atoms with van der Waals surface area (Å²) in [7, 11) is 0. The van der Waals surface area contributed by atoms with Gasteiger partial charge in [-0.25, -0.2) is 4.79 Å². The predicted octanol–water partition coefficient (Wildman–Crippen LogP) is 0.695. The fraction of sp³-hybridized carbons (Fsp3) is 0.889.